The molecule has 2 aromatic heterocycles. The van der Waals surface area contributed by atoms with Gasteiger partial charge in [-0.25, -0.2) is 14.5 Å². The van der Waals surface area contributed by atoms with Crippen molar-refractivity contribution >= 4 is 28.7 Å². The molecule has 3 heterocycles. The van der Waals surface area contributed by atoms with Crippen LogP contribution in [0, 0.1) is 0 Å². The summed E-state index contributed by atoms with van der Waals surface area (Å²) in [6, 6.07) is 19.6. The van der Waals surface area contributed by atoms with Crippen molar-refractivity contribution in [3.63, 3.8) is 0 Å². The van der Waals surface area contributed by atoms with Gasteiger partial charge in [-0.15, -0.1) is 0 Å². The Hall–Kier alpha value is -4.40. The van der Waals surface area contributed by atoms with Crippen molar-refractivity contribution in [3.8, 4) is 22.5 Å². The van der Waals surface area contributed by atoms with Crippen LogP contribution in [-0.4, -0.2) is 50.4 Å². The average Bonchev–Trinajstić information content (AvgIpc) is 3.25. The molecule has 1 aliphatic heterocycles. The molecule has 1 saturated heterocycles. The molecule has 38 heavy (non-hydrogen) atoms. The molecule has 4 aromatic rings. The zero-order valence-corrected chi connectivity index (χ0v) is 21.8. The van der Waals surface area contributed by atoms with Crippen LogP contribution in [0.3, 0.4) is 0 Å². The van der Waals surface area contributed by atoms with Crippen molar-refractivity contribution < 1.29 is 14.3 Å². The molecule has 4 N–H and O–H groups in total. The number of fused-ring (bicyclic) bond motifs is 1. The van der Waals surface area contributed by atoms with Gasteiger partial charge in [0.2, 0.25) is 0 Å². The van der Waals surface area contributed by atoms with Crippen LogP contribution in [0.5, 0.6) is 0 Å². The number of rotatable bonds is 4. The van der Waals surface area contributed by atoms with E-state index in [1.807, 2.05) is 81.4 Å². The number of pyridine rings is 1. The number of primary amides is 1. The van der Waals surface area contributed by atoms with Gasteiger partial charge >= 0.3 is 6.09 Å². The van der Waals surface area contributed by atoms with Crippen molar-refractivity contribution in [1.29, 1.82) is 0 Å². The maximum atomic E-state index is 12.5. The number of nitrogens with two attached hydrogens (primary N) is 2. The molecule has 0 aliphatic carbocycles. The third-order valence-corrected chi connectivity index (χ3v) is 6.69. The highest BCUT2D eigenvalue weighted by Crippen LogP contribution is 2.34. The summed E-state index contributed by atoms with van der Waals surface area (Å²) < 4.78 is 7.18. The van der Waals surface area contributed by atoms with Gasteiger partial charge in [0, 0.05) is 29.6 Å². The number of aromatic nitrogens is 3. The van der Waals surface area contributed by atoms with Crippen molar-refractivity contribution in [3.05, 3.63) is 66.2 Å². The topological polar surface area (TPSA) is 129 Å². The molecule has 0 atom stereocenters. The van der Waals surface area contributed by atoms with Gasteiger partial charge in [-0.05, 0) is 45.7 Å². The maximum absolute atomic E-state index is 12.5. The van der Waals surface area contributed by atoms with Gasteiger partial charge in [-0.2, -0.15) is 5.10 Å². The molecule has 0 saturated carbocycles. The number of hydrogen-bond donors (Lipinski definition) is 2. The summed E-state index contributed by atoms with van der Waals surface area (Å²) in [4.78, 5) is 31.5. The summed E-state index contributed by atoms with van der Waals surface area (Å²) in [6.07, 6.45) is 0.923. The number of piperidine rings is 1. The van der Waals surface area contributed by atoms with E-state index in [1.165, 1.54) is 0 Å². The lowest BCUT2D eigenvalue weighted by atomic mass is 10.0. The predicted octanol–water partition coefficient (Wildman–Crippen LogP) is 5.02. The minimum absolute atomic E-state index is 0.0798. The quantitative estimate of drug-likeness (QED) is 0.395. The Bertz CT molecular complexity index is 1500. The molecule has 2 amide bonds. The number of nitrogens with zero attached hydrogens (tertiary/aromatic N) is 4. The first-order valence-electron chi connectivity index (χ1n) is 12.7. The van der Waals surface area contributed by atoms with Crippen LogP contribution in [0.15, 0.2) is 60.7 Å². The summed E-state index contributed by atoms with van der Waals surface area (Å²) in [6.45, 7) is 6.55. The number of carbonyl (C=O) groups is 2. The summed E-state index contributed by atoms with van der Waals surface area (Å²) >= 11 is 0. The Morgan fingerprint density at radius 3 is 2.32 bits per heavy atom. The number of ether oxygens (including phenoxy) is 1. The molecule has 0 radical (unpaired) electrons. The van der Waals surface area contributed by atoms with E-state index in [2.05, 4.69) is 0 Å². The van der Waals surface area contributed by atoms with E-state index in [0.717, 1.165) is 22.2 Å². The monoisotopic (exact) mass is 512 g/mol. The number of benzene rings is 2. The summed E-state index contributed by atoms with van der Waals surface area (Å²) in [5, 5.41) is 5.74. The Kier molecular flexibility index (Phi) is 6.52. The number of nitrogen functional groups attached to an aromatic ring is 1. The second kappa shape index (κ2) is 9.81. The molecule has 9 heteroatoms. The van der Waals surface area contributed by atoms with Crippen LogP contribution in [0.1, 0.15) is 50.0 Å². The van der Waals surface area contributed by atoms with E-state index >= 15 is 0 Å². The van der Waals surface area contributed by atoms with Crippen molar-refractivity contribution in [2.75, 3.05) is 18.8 Å². The number of hydrogen-bond acceptors (Lipinski definition) is 6. The highest BCUT2D eigenvalue weighted by atomic mass is 16.6. The van der Waals surface area contributed by atoms with E-state index < -0.39 is 11.5 Å². The number of anilines is 1. The summed E-state index contributed by atoms with van der Waals surface area (Å²) in [7, 11) is 0. The summed E-state index contributed by atoms with van der Waals surface area (Å²) in [5.41, 5.74) is 15.6. The predicted molar refractivity (Wildman–Crippen MR) is 147 cm³/mol. The molecule has 1 aliphatic rings. The van der Waals surface area contributed by atoms with Gasteiger partial charge in [0.25, 0.3) is 5.91 Å². The lowest BCUT2D eigenvalue weighted by molar-refractivity contribution is 0.0185. The fraction of sp³-hybridized carbons (Fsp3) is 0.310. The van der Waals surface area contributed by atoms with E-state index in [4.69, 9.17) is 26.3 Å². The largest absolute Gasteiger partial charge is 0.444 e. The average molecular weight is 513 g/mol. The minimum Gasteiger partial charge on any atom is -0.444 e. The van der Waals surface area contributed by atoms with Crippen molar-refractivity contribution in [2.45, 2.75) is 45.3 Å². The van der Waals surface area contributed by atoms with Gasteiger partial charge in [0.15, 0.2) is 0 Å². The smallest absolute Gasteiger partial charge is 0.410 e. The van der Waals surface area contributed by atoms with E-state index in [9.17, 15) is 9.59 Å². The molecule has 5 rings (SSSR count). The summed E-state index contributed by atoms with van der Waals surface area (Å²) in [5.74, 6) is -0.407. The Morgan fingerprint density at radius 2 is 1.66 bits per heavy atom. The van der Waals surface area contributed by atoms with Crippen molar-refractivity contribution in [1.82, 2.24) is 19.7 Å². The van der Waals surface area contributed by atoms with Crippen LogP contribution < -0.4 is 11.5 Å². The molecule has 196 valence electrons. The fourth-order valence-corrected chi connectivity index (χ4v) is 4.82. The Balaban J connectivity index is 1.45. The normalized spacial score (nSPS) is 14.6. The fourth-order valence-electron chi connectivity index (χ4n) is 4.82. The molecule has 0 spiro atoms. The second-order valence-electron chi connectivity index (χ2n) is 10.6. The first-order valence-corrected chi connectivity index (χ1v) is 12.7. The van der Waals surface area contributed by atoms with Gasteiger partial charge < -0.3 is 21.1 Å². The van der Waals surface area contributed by atoms with Crippen LogP contribution in [0.25, 0.3) is 33.4 Å². The molecular formula is C29H32N6O3. The van der Waals surface area contributed by atoms with Crippen LogP contribution in [-0.2, 0) is 4.74 Å². The standard InChI is InChI=1S/C29H32N6O3/c1-29(2,3)38-28(37)34-15-13-21(14-16-34)35-26(30)24(27(31)36)25(33-35)20-10-9-19-11-12-22(32-23(19)17-20)18-7-5-4-6-8-18/h4-12,17,21H,13-16,30H2,1-3H3,(H2,31,36). The number of carbonyl (C=O) groups excluding carboxylic acids is 2. The zero-order valence-electron chi connectivity index (χ0n) is 21.8. The SMILES string of the molecule is CC(C)(C)OC(=O)N1CCC(n2nc(-c3ccc4ccc(-c5ccccc5)nc4c3)c(C(N)=O)c2N)CC1. The van der Waals surface area contributed by atoms with Crippen LogP contribution in [0.4, 0.5) is 10.6 Å². The van der Waals surface area contributed by atoms with Crippen molar-refractivity contribution in [2.24, 2.45) is 5.73 Å². The van der Waals surface area contributed by atoms with E-state index in [-0.39, 0.29) is 23.5 Å². The van der Waals surface area contributed by atoms with Gasteiger partial charge in [-0.1, -0.05) is 48.5 Å². The highest BCUT2D eigenvalue weighted by molar-refractivity contribution is 6.04. The molecule has 0 unspecified atom stereocenters. The van der Waals surface area contributed by atoms with E-state index in [0.29, 0.717) is 37.2 Å². The molecule has 2 aromatic carbocycles. The molecule has 1 fully saturated rings. The van der Waals surface area contributed by atoms with E-state index in [1.54, 1.807) is 9.58 Å². The molecular weight excluding hydrogens is 480 g/mol. The van der Waals surface area contributed by atoms with Gasteiger partial charge in [0.1, 0.15) is 22.7 Å². The third-order valence-electron chi connectivity index (χ3n) is 6.69. The highest BCUT2D eigenvalue weighted by Gasteiger charge is 2.31. The maximum Gasteiger partial charge on any atom is 0.410 e. The lowest BCUT2D eigenvalue weighted by Gasteiger charge is -2.33. The third kappa shape index (κ3) is 5.04. The Morgan fingerprint density at radius 1 is 0.974 bits per heavy atom. The first kappa shape index (κ1) is 25.3. The number of likely N-dealkylation sites (tertiary alicyclic amines) is 1. The first-order chi connectivity index (χ1) is 18.1. The minimum atomic E-state index is -0.638. The van der Waals surface area contributed by atoms with Crippen LogP contribution >= 0.6 is 0 Å². The van der Waals surface area contributed by atoms with Gasteiger partial charge in [-0.3, -0.25) is 4.79 Å². The van der Waals surface area contributed by atoms with Crippen LogP contribution in [0.2, 0.25) is 0 Å². The second-order valence-corrected chi connectivity index (χ2v) is 10.6. The Labute approximate surface area is 221 Å². The zero-order chi connectivity index (χ0) is 27.0. The number of amides is 2. The lowest BCUT2D eigenvalue weighted by Crippen LogP contribution is -2.42. The molecule has 0 bridgehead atoms. The van der Waals surface area contributed by atoms with Gasteiger partial charge in [0.05, 0.1) is 17.3 Å². The molecule has 9 nitrogen and oxygen atoms in total.